The second kappa shape index (κ2) is 3.87. The maximum absolute atomic E-state index is 8.69. The fourth-order valence-corrected chi connectivity index (χ4v) is 3.44. The van der Waals surface area contributed by atoms with E-state index < -0.39 is 0 Å². The molecule has 2 N–H and O–H groups in total. The van der Waals surface area contributed by atoms with Gasteiger partial charge in [-0.2, -0.15) is 0 Å². The standard InChI is InChI=1S/C12H12Cl2N2O/c13-10-2-1-7(3-11(10)14)12-6-15-4-8(12)9(12)5-16-17/h1-3,5,8-9,15,17H,4,6H2/b16-5+. The van der Waals surface area contributed by atoms with E-state index in [1.165, 1.54) is 5.56 Å². The predicted molar refractivity (Wildman–Crippen MR) is 68.3 cm³/mol. The molecule has 1 heterocycles. The minimum Gasteiger partial charge on any atom is -0.411 e. The second-order valence-electron chi connectivity index (χ2n) is 4.70. The van der Waals surface area contributed by atoms with Gasteiger partial charge in [-0.25, -0.2) is 0 Å². The molecule has 0 radical (unpaired) electrons. The predicted octanol–water partition coefficient (Wildman–Crippen LogP) is 2.54. The summed E-state index contributed by atoms with van der Waals surface area (Å²) in [6.45, 7) is 1.85. The monoisotopic (exact) mass is 270 g/mol. The molecule has 2 fully saturated rings. The van der Waals surface area contributed by atoms with Gasteiger partial charge in [0.2, 0.25) is 0 Å². The Hall–Kier alpha value is -0.770. The number of rotatable bonds is 2. The molecule has 1 aliphatic heterocycles. The number of oxime groups is 1. The fraction of sp³-hybridized carbons (Fsp3) is 0.417. The number of hydrogen-bond acceptors (Lipinski definition) is 3. The zero-order valence-electron chi connectivity index (χ0n) is 9.03. The average molecular weight is 271 g/mol. The molecule has 5 heteroatoms. The summed E-state index contributed by atoms with van der Waals surface area (Å²) in [5.74, 6) is 0.793. The zero-order chi connectivity index (χ0) is 12.0. The number of nitrogens with zero attached hydrogens (tertiary/aromatic N) is 1. The van der Waals surface area contributed by atoms with Crippen LogP contribution < -0.4 is 5.32 Å². The van der Waals surface area contributed by atoms with Crippen molar-refractivity contribution < 1.29 is 5.21 Å². The molecule has 0 bridgehead atoms. The van der Waals surface area contributed by atoms with Gasteiger partial charge < -0.3 is 10.5 Å². The molecule has 3 atom stereocenters. The summed E-state index contributed by atoms with van der Waals surface area (Å²) in [7, 11) is 0. The van der Waals surface area contributed by atoms with Crippen LogP contribution in [0.15, 0.2) is 23.4 Å². The van der Waals surface area contributed by atoms with Gasteiger partial charge in [-0.05, 0) is 30.2 Å². The van der Waals surface area contributed by atoms with E-state index in [9.17, 15) is 0 Å². The van der Waals surface area contributed by atoms with Crippen molar-refractivity contribution in [1.82, 2.24) is 5.32 Å². The summed E-state index contributed by atoms with van der Waals surface area (Å²) in [5.41, 5.74) is 1.22. The van der Waals surface area contributed by atoms with E-state index in [1.807, 2.05) is 18.2 Å². The molecule has 3 rings (SSSR count). The second-order valence-corrected chi connectivity index (χ2v) is 5.51. The average Bonchev–Trinajstić information content (AvgIpc) is 2.72. The van der Waals surface area contributed by atoms with Crippen LogP contribution in [0.2, 0.25) is 10.0 Å². The SMILES string of the molecule is O/N=C/C1C2CNCC12c1ccc(Cl)c(Cl)c1. The number of nitrogens with one attached hydrogen (secondary N) is 1. The zero-order valence-corrected chi connectivity index (χ0v) is 10.5. The lowest BCUT2D eigenvalue weighted by molar-refractivity contribution is 0.319. The van der Waals surface area contributed by atoms with Gasteiger partial charge in [-0.3, -0.25) is 0 Å². The number of hydrogen-bond donors (Lipinski definition) is 2. The van der Waals surface area contributed by atoms with Gasteiger partial charge in [-0.1, -0.05) is 29.3 Å². The topological polar surface area (TPSA) is 44.6 Å². The molecule has 3 nitrogen and oxygen atoms in total. The molecule has 1 aliphatic carbocycles. The third-order valence-electron chi connectivity index (χ3n) is 4.05. The third-order valence-corrected chi connectivity index (χ3v) is 4.79. The van der Waals surface area contributed by atoms with Crippen molar-refractivity contribution in [3.63, 3.8) is 0 Å². The first-order valence-corrected chi connectivity index (χ1v) is 6.29. The largest absolute Gasteiger partial charge is 0.411 e. The van der Waals surface area contributed by atoms with Gasteiger partial charge in [-0.15, -0.1) is 5.16 Å². The van der Waals surface area contributed by atoms with E-state index in [0.29, 0.717) is 21.9 Å². The van der Waals surface area contributed by atoms with Gasteiger partial charge >= 0.3 is 0 Å². The van der Waals surface area contributed by atoms with Gasteiger partial charge in [0.1, 0.15) is 0 Å². The normalized spacial score (nSPS) is 35.2. The quantitative estimate of drug-likeness (QED) is 0.493. The number of benzene rings is 1. The Morgan fingerprint density at radius 1 is 1.41 bits per heavy atom. The molecule has 17 heavy (non-hydrogen) atoms. The molecule has 1 saturated heterocycles. The molecule has 2 aliphatic rings. The molecule has 0 aromatic heterocycles. The van der Waals surface area contributed by atoms with E-state index in [4.69, 9.17) is 28.4 Å². The van der Waals surface area contributed by atoms with Crippen LogP contribution in [-0.2, 0) is 5.41 Å². The highest BCUT2D eigenvalue weighted by Gasteiger charge is 2.67. The minimum atomic E-state index is 0.0421. The van der Waals surface area contributed by atoms with E-state index in [0.717, 1.165) is 13.1 Å². The van der Waals surface area contributed by atoms with Crippen molar-refractivity contribution in [1.29, 1.82) is 0 Å². The highest BCUT2D eigenvalue weighted by Crippen LogP contribution is 2.61. The van der Waals surface area contributed by atoms with Gasteiger partial charge in [0.25, 0.3) is 0 Å². The summed E-state index contributed by atoms with van der Waals surface area (Å²) in [5, 5.41) is 16.4. The van der Waals surface area contributed by atoms with Crippen LogP contribution in [0.1, 0.15) is 5.56 Å². The van der Waals surface area contributed by atoms with Crippen molar-refractivity contribution >= 4 is 29.4 Å². The molecule has 90 valence electrons. The number of fused-ring (bicyclic) bond motifs is 1. The van der Waals surface area contributed by atoms with Crippen molar-refractivity contribution in [3.8, 4) is 0 Å². The maximum Gasteiger partial charge on any atom is 0.0595 e. The molecule has 0 spiro atoms. The summed E-state index contributed by atoms with van der Waals surface area (Å²) in [6, 6.07) is 5.77. The third kappa shape index (κ3) is 1.49. The first-order chi connectivity index (χ1) is 8.20. The van der Waals surface area contributed by atoms with Crippen molar-refractivity contribution in [3.05, 3.63) is 33.8 Å². The van der Waals surface area contributed by atoms with Crippen LogP contribution in [0, 0.1) is 11.8 Å². The highest BCUT2D eigenvalue weighted by atomic mass is 35.5. The van der Waals surface area contributed by atoms with Crippen LogP contribution in [0.5, 0.6) is 0 Å². The van der Waals surface area contributed by atoms with Crippen LogP contribution >= 0.6 is 23.2 Å². The summed E-state index contributed by atoms with van der Waals surface area (Å²) in [6.07, 6.45) is 1.63. The first-order valence-electron chi connectivity index (χ1n) is 5.54. The lowest BCUT2D eigenvalue weighted by Crippen LogP contribution is -2.23. The van der Waals surface area contributed by atoms with Gasteiger partial charge in [0.15, 0.2) is 0 Å². The number of piperidine rings is 1. The van der Waals surface area contributed by atoms with Crippen molar-refractivity contribution in [2.24, 2.45) is 17.0 Å². The van der Waals surface area contributed by atoms with E-state index >= 15 is 0 Å². The Labute approximate surface area is 109 Å². The van der Waals surface area contributed by atoms with E-state index in [2.05, 4.69) is 10.5 Å². The van der Waals surface area contributed by atoms with E-state index in [1.54, 1.807) is 6.21 Å². The van der Waals surface area contributed by atoms with Crippen LogP contribution in [0.4, 0.5) is 0 Å². The van der Waals surface area contributed by atoms with Crippen molar-refractivity contribution in [2.45, 2.75) is 5.41 Å². The van der Waals surface area contributed by atoms with Gasteiger partial charge in [0, 0.05) is 24.1 Å². The lowest BCUT2D eigenvalue weighted by atomic mass is 9.93. The van der Waals surface area contributed by atoms with Crippen LogP contribution in [-0.4, -0.2) is 24.5 Å². The molecule has 1 aromatic carbocycles. The Kier molecular flexibility index (Phi) is 2.58. The maximum atomic E-state index is 8.69. The number of halogens is 2. The summed E-state index contributed by atoms with van der Waals surface area (Å²) < 4.78 is 0. The summed E-state index contributed by atoms with van der Waals surface area (Å²) in [4.78, 5) is 0. The summed E-state index contributed by atoms with van der Waals surface area (Å²) >= 11 is 12.0. The van der Waals surface area contributed by atoms with E-state index in [-0.39, 0.29) is 5.41 Å². The smallest absolute Gasteiger partial charge is 0.0595 e. The fourth-order valence-electron chi connectivity index (χ4n) is 3.15. The van der Waals surface area contributed by atoms with Gasteiger partial charge in [0.05, 0.1) is 10.0 Å². The molecular weight excluding hydrogens is 259 g/mol. The Bertz CT molecular complexity index is 491. The Balaban J connectivity index is 2.00. The Morgan fingerprint density at radius 2 is 2.24 bits per heavy atom. The van der Waals surface area contributed by atoms with Crippen LogP contribution in [0.3, 0.4) is 0 Å². The highest BCUT2D eigenvalue weighted by molar-refractivity contribution is 6.42. The minimum absolute atomic E-state index is 0.0421. The molecule has 1 saturated carbocycles. The van der Waals surface area contributed by atoms with Crippen LogP contribution in [0.25, 0.3) is 0 Å². The lowest BCUT2D eigenvalue weighted by Gasteiger charge is -2.14. The molecular formula is C12H12Cl2N2O. The Morgan fingerprint density at radius 3 is 2.94 bits per heavy atom. The molecule has 0 amide bonds. The van der Waals surface area contributed by atoms with Crippen molar-refractivity contribution in [2.75, 3.05) is 13.1 Å². The molecule has 1 aromatic rings. The molecule has 3 unspecified atom stereocenters. The first kappa shape index (κ1) is 11.3.